The van der Waals surface area contributed by atoms with Crippen molar-refractivity contribution >= 4 is 29.0 Å². The molecular weight excluding hydrogens is 299 g/mol. The standard InChI is InChI=1S/C15H12Cl2O3/c1-9(18)11-5-3-2-4-10(11)8-20-15-7-12(16)14(19)6-13(15)17/h2-7,19H,8H2,1H3. The highest BCUT2D eigenvalue weighted by atomic mass is 35.5. The minimum atomic E-state index is -0.104. The third kappa shape index (κ3) is 3.24. The van der Waals surface area contributed by atoms with Crippen molar-refractivity contribution in [3.8, 4) is 11.5 Å². The van der Waals surface area contributed by atoms with Gasteiger partial charge in [0.2, 0.25) is 0 Å². The largest absolute Gasteiger partial charge is 0.506 e. The van der Waals surface area contributed by atoms with Gasteiger partial charge in [0.15, 0.2) is 5.78 Å². The highest BCUT2D eigenvalue weighted by Gasteiger charge is 2.10. The van der Waals surface area contributed by atoms with Gasteiger partial charge in [-0.3, -0.25) is 4.79 Å². The van der Waals surface area contributed by atoms with Crippen LogP contribution in [0, 0.1) is 0 Å². The molecule has 0 heterocycles. The molecule has 0 radical (unpaired) electrons. The highest BCUT2D eigenvalue weighted by Crippen LogP contribution is 2.35. The Balaban J connectivity index is 2.21. The van der Waals surface area contributed by atoms with Crippen molar-refractivity contribution in [2.24, 2.45) is 0 Å². The first-order valence-corrected chi connectivity index (χ1v) is 6.64. The Morgan fingerprint density at radius 2 is 1.90 bits per heavy atom. The number of carbonyl (C=O) groups excluding carboxylic acids is 1. The molecule has 0 spiro atoms. The van der Waals surface area contributed by atoms with Crippen molar-refractivity contribution in [2.75, 3.05) is 0 Å². The molecule has 0 atom stereocenters. The number of ether oxygens (including phenoxy) is 1. The molecule has 0 saturated heterocycles. The van der Waals surface area contributed by atoms with Gasteiger partial charge in [-0.1, -0.05) is 47.5 Å². The Kier molecular flexibility index (Phi) is 4.53. The number of benzene rings is 2. The Hall–Kier alpha value is -1.71. The molecule has 0 saturated carbocycles. The lowest BCUT2D eigenvalue weighted by Gasteiger charge is -2.11. The minimum Gasteiger partial charge on any atom is -0.506 e. The molecule has 2 rings (SSSR count). The molecule has 0 bridgehead atoms. The van der Waals surface area contributed by atoms with E-state index in [0.717, 1.165) is 5.56 Å². The zero-order valence-electron chi connectivity index (χ0n) is 10.7. The highest BCUT2D eigenvalue weighted by molar-refractivity contribution is 6.35. The van der Waals surface area contributed by atoms with Gasteiger partial charge in [-0.2, -0.15) is 0 Å². The molecule has 3 nitrogen and oxygen atoms in total. The van der Waals surface area contributed by atoms with Crippen LogP contribution in [0.3, 0.4) is 0 Å². The van der Waals surface area contributed by atoms with Gasteiger partial charge < -0.3 is 9.84 Å². The summed E-state index contributed by atoms with van der Waals surface area (Å²) < 4.78 is 5.57. The first kappa shape index (κ1) is 14.7. The third-order valence-corrected chi connectivity index (χ3v) is 3.38. The molecule has 0 aromatic heterocycles. The van der Waals surface area contributed by atoms with E-state index in [1.807, 2.05) is 12.1 Å². The van der Waals surface area contributed by atoms with Crippen molar-refractivity contribution in [3.05, 3.63) is 57.6 Å². The summed E-state index contributed by atoms with van der Waals surface area (Å²) in [6.45, 7) is 1.69. The quantitative estimate of drug-likeness (QED) is 0.847. The molecule has 20 heavy (non-hydrogen) atoms. The number of hydrogen-bond acceptors (Lipinski definition) is 3. The lowest BCUT2D eigenvalue weighted by atomic mass is 10.1. The summed E-state index contributed by atoms with van der Waals surface area (Å²) in [7, 11) is 0. The second-order valence-electron chi connectivity index (χ2n) is 4.24. The number of phenolic OH excluding ortho intramolecular Hbond substituents is 1. The van der Waals surface area contributed by atoms with Gasteiger partial charge in [-0.05, 0) is 6.92 Å². The van der Waals surface area contributed by atoms with Crippen molar-refractivity contribution in [1.29, 1.82) is 0 Å². The molecule has 0 aliphatic heterocycles. The number of halogens is 2. The van der Waals surface area contributed by atoms with E-state index in [-0.39, 0.29) is 28.2 Å². The van der Waals surface area contributed by atoms with Gasteiger partial charge in [-0.25, -0.2) is 0 Å². The zero-order valence-corrected chi connectivity index (χ0v) is 12.2. The maximum Gasteiger partial charge on any atom is 0.160 e. The fourth-order valence-corrected chi connectivity index (χ4v) is 2.14. The number of Topliss-reactive ketones (excluding diaryl/α,β-unsaturated/α-hetero) is 1. The summed E-state index contributed by atoms with van der Waals surface area (Å²) in [5.74, 6) is 0.222. The van der Waals surface area contributed by atoms with Crippen LogP contribution in [0.5, 0.6) is 11.5 Å². The average Bonchev–Trinajstić information content (AvgIpc) is 2.41. The van der Waals surface area contributed by atoms with Crippen LogP contribution in [-0.2, 0) is 6.61 Å². The molecule has 0 aliphatic rings. The van der Waals surface area contributed by atoms with E-state index >= 15 is 0 Å². The molecule has 0 amide bonds. The summed E-state index contributed by atoms with van der Waals surface area (Å²) in [4.78, 5) is 11.5. The second kappa shape index (κ2) is 6.16. The number of carbonyl (C=O) groups is 1. The van der Waals surface area contributed by atoms with E-state index in [2.05, 4.69) is 0 Å². The van der Waals surface area contributed by atoms with Gasteiger partial charge in [0, 0.05) is 23.3 Å². The lowest BCUT2D eigenvalue weighted by molar-refractivity contribution is 0.101. The van der Waals surface area contributed by atoms with E-state index in [1.54, 1.807) is 12.1 Å². The van der Waals surface area contributed by atoms with Crippen LogP contribution in [0.25, 0.3) is 0 Å². The number of rotatable bonds is 4. The number of aromatic hydroxyl groups is 1. The third-order valence-electron chi connectivity index (χ3n) is 2.78. The molecular formula is C15H12Cl2O3. The van der Waals surface area contributed by atoms with Crippen molar-refractivity contribution < 1.29 is 14.6 Å². The van der Waals surface area contributed by atoms with Crippen LogP contribution >= 0.6 is 23.2 Å². The second-order valence-corrected chi connectivity index (χ2v) is 5.05. The summed E-state index contributed by atoms with van der Waals surface area (Å²) in [6, 6.07) is 9.94. The van der Waals surface area contributed by atoms with Crippen molar-refractivity contribution in [1.82, 2.24) is 0 Å². The van der Waals surface area contributed by atoms with E-state index < -0.39 is 0 Å². The Bertz CT molecular complexity index is 654. The Labute approximate surface area is 126 Å². The van der Waals surface area contributed by atoms with E-state index in [0.29, 0.717) is 11.3 Å². The fraction of sp³-hybridized carbons (Fsp3) is 0.133. The maximum absolute atomic E-state index is 11.5. The Morgan fingerprint density at radius 1 is 1.20 bits per heavy atom. The zero-order chi connectivity index (χ0) is 14.7. The van der Waals surface area contributed by atoms with Crippen LogP contribution in [0.2, 0.25) is 10.0 Å². The van der Waals surface area contributed by atoms with Crippen LogP contribution in [-0.4, -0.2) is 10.9 Å². The molecule has 0 unspecified atom stereocenters. The summed E-state index contributed by atoms with van der Waals surface area (Å²) in [5.41, 5.74) is 1.37. The molecule has 0 aliphatic carbocycles. The minimum absolute atomic E-state index is 0.0287. The topological polar surface area (TPSA) is 46.5 Å². The lowest BCUT2D eigenvalue weighted by Crippen LogP contribution is -2.03. The first-order valence-electron chi connectivity index (χ1n) is 5.88. The van der Waals surface area contributed by atoms with E-state index in [1.165, 1.54) is 19.1 Å². The first-order chi connectivity index (χ1) is 9.49. The van der Waals surface area contributed by atoms with Crippen LogP contribution in [0.4, 0.5) is 0 Å². The number of hydrogen-bond donors (Lipinski definition) is 1. The van der Waals surface area contributed by atoms with Crippen molar-refractivity contribution in [3.63, 3.8) is 0 Å². The van der Waals surface area contributed by atoms with E-state index in [4.69, 9.17) is 27.9 Å². The smallest absolute Gasteiger partial charge is 0.160 e. The van der Waals surface area contributed by atoms with Crippen LogP contribution < -0.4 is 4.74 Å². The van der Waals surface area contributed by atoms with Gasteiger partial charge in [-0.15, -0.1) is 0 Å². The van der Waals surface area contributed by atoms with Crippen LogP contribution in [0.1, 0.15) is 22.8 Å². The van der Waals surface area contributed by atoms with Gasteiger partial charge in [0.05, 0.1) is 10.0 Å². The summed E-state index contributed by atoms with van der Waals surface area (Å²) >= 11 is 11.8. The van der Waals surface area contributed by atoms with Gasteiger partial charge >= 0.3 is 0 Å². The Morgan fingerprint density at radius 3 is 2.60 bits per heavy atom. The van der Waals surface area contributed by atoms with E-state index in [9.17, 15) is 9.90 Å². The normalized spacial score (nSPS) is 10.3. The predicted octanol–water partition coefficient (Wildman–Crippen LogP) is 4.48. The molecule has 5 heteroatoms. The summed E-state index contributed by atoms with van der Waals surface area (Å²) in [6.07, 6.45) is 0. The van der Waals surface area contributed by atoms with Crippen molar-refractivity contribution in [2.45, 2.75) is 13.5 Å². The summed E-state index contributed by atoms with van der Waals surface area (Å²) in [5, 5.41) is 9.82. The number of ketones is 1. The van der Waals surface area contributed by atoms with Crippen LogP contribution in [0.15, 0.2) is 36.4 Å². The SMILES string of the molecule is CC(=O)c1ccccc1COc1cc(Cl)c(O)cc1Cl. The molecule has 104 valence electrons. The molecule has 0 fully saturated rings. The maximum atomic E-state index is 11.5. The predicted molar refractivity (Wildman–Crippen MR) is 78.9 cm³/mol. The van der Waals surface area contributed by atoms with Gasteiger partial charge in [0.25, 0.3) is 0 Å². The number of phenols is 1. The molecule has 2 aromatic carbocycles. The molecule has 1 N–H and O–H groups in total. The monoisotopic (exact) mass is 310 g/mol. The fourth-order valence-electron chi connectivity index (χ4n) is 1.77. The molecule has 2 aromatic rings. The van der Waals surface area contributed by atoms with Gasteiger partial charge in [0.1, 0.15) is 18.1 Å². The average molecular weight is 311 g/mol.